The Labute approximate surface area is 259 Å². The Morgan fingerprint density at radius 2 is 1.53 bits per heavy atom. The van der Waals surface area contributed by atoms with Crippen LogP contribution in [0.15, 0.2) is 78.9 Å². The Morgan fingerprint density at radius 3 is 2.20 bits per heavy atom. The fourth-order valence-corrected chi connectivity index (χ4v) is 4.73. The van der Waals surface area contributed by atoms with Crippen LogP contribution in [0.2, 0.25) is 0 Å². The largest absolute Gasteiger partial charge is 0.507 e. The molecule has 0 radical (unpaired) electrons. The van der Waals surface area contributed by atoms with Crippen LogP contribution in [-0.4, -0.2) is 55.8 Å². The number of carbonyl (C=O) groups is 2. The second-order valence-corrected chi connectivity index (χ2v) is 9.95. The summed E-state index contributed by atoms with van der Waals surface area (Å²) in [4.78, 5) is 22.7. The minimum Gasteiger partial charge on any atom is -0.507 e. The number of aliphatic hydroxyl groups is 1. The molecule has 1 amide bonds. The molecule has 3 N–H and O–H groups in total. The number of para-hydroxylation sites is 1. The Hall–Kier alpha value is -5.68. The van der Waals surface area contributed by atoms with Crippen molar-refractivity contribution >= 4 is 29.2 Å². The summed E-state index contributed by atoms with van der Waals surface area (Å²) in [6.45, 7) is 1.38. The van der Waals surface area contributed by atoms with E-state index in [1.807, 2.05) is 18.2 Å². The molecule has 4 aromatic rings. The van der Waals surface area contributed by atoms with Gasteiger partial charge in [0.1, 0.15) is 34.3 Å². The number of fused-ring (bicyclic) bond motifs is 4. The monoisotopic (exact) mass is 613 g/mol. The molecule has 2 heterocycles. The number of esters is 1. The van der Waals surface area contributed by atoms with E-state index in [0.717, 1.165) is 5.56 Å². The van der Waals surface area contributed by atoms with E-state index >= 15 is 0 Å². The molecule has 11 nitrogen and oxygen atoms in total. The second-order valence-electron chi connectivity index (χ2n) is 9.95. The topological polar surface area (TPSA) is 142 Å². The first-order valence-electron chi connectivity index (χ1n) is 13.7. The first-order chi connectivity index (χ1) is 21.6. The first kappa shape index (κ1) is 30.8. The van der Waals surface area contributed by atoms with Gasteiger partial charge in [0.15, 0.2) is 18.1 Å². The summed E-state index contributed by atoms with van der Waals surface area (Å²) < 4.78 is 32.6. The zero-order valence-corrected chi connectivity index (χ0v) is 25.0. The predicted molar refractivity (Wildman–Crippen MR) is 165 cm³/mol. The Balaban J connectivity index is 0.000000183. The van der Waals surface area contributed by atoms with Crippen LogP contribution in [0.4, 0.5) is 5.69 Å². The molecule has 4 aromatic carbocycles. The third-order valence-corrected chi connectivity index (χ3v) is 6.93. The van der Waals surface area contributed by atoms with E-state index in [-0.39, 0.29) is 23.8 Å². The molecule has 2 aliphatic rings. The lowest BCUT2D eigenvalue weighted by atomic mass is 9.90. The maximum atomic E-state index is 11.8. The van der Waals surface area contributed by atoms with Crippen LogP contribution in [0.1, 0.15) is 28.4 Å². The number of benzene rings is 4. The summed E-state index contributed by atoms with van der Waals surface area (Å²) in [5.74, 6) is 0.713. The number of amides is 1. The number of aromatic hydroxyl groups is 1. The van der Waals surface area contributed by atoms with Gasteiger partial charge in [-0.15, -0.1) is 0 Å². The normalized spacial score (nSPS) is 15.5. The average molecular weight is 614 g/mol. The summed E-state index contributed by atoms with van der Waals surface area (Å²) in [5.41, 5.74) is 2.88. The molecule has 6 rings (SSSR count). The highest BCUT2D eigenvalue weighted by Crippen LogP contribution is 2.49. The second kappa shape index (κ2) is 12.9. The summed E-state index contributed by atoms with van der Waals surface area (Å²) in [6, 6.07) is 21.5. The zero-order chi connectivity index (χ0) is 32.1. The van der Waals surface area contributed by atoms with E-state index in [1.54, 1.807) is 75.9 Å². The standard InChI is InChI=1S/C19H18O6.C15H13NO4/c1-21-12-5-4-11-6-14-13-8-17(22-2)18(23-3)9-16(13)24-10-19(14,20)25-15(11)7-12;1-10(17)16-11-6-8-12(9-7-11)20-15(19)13-4-2-3-5-14(13)18/h4-9,20H,10H2,1-3H3;2-9,18H,1H3,(H,16,17). The highest BCUT2D eigenvalue weighted by Gasteiger charge is 2.44. The SMILES string of the molecule is CC(=O)Nc1ccc(OC(=O)c2ccccc2O)cc1.COc1ccc2c(c1)OC1(O)COc3cc(OC)c(OC)cc3C1=C2. The third-order valence-electron chi connectivity index (χ3n) is 6.93. The minimum absolute atomic E-state index is 0.0298. The molecule has 0 saturated carbocycles. The molecule has 0 saturated heterocycles. The smallest absolute Gasteiger partial charge is 0.347 e. The molecule has 0 aromatic heterocycles. The average Bonchev–Trinajstić information content (AvgIpc) is 3.03. The van der Waals surface area contributed by atoms with E-state index in [0.29, 0.717) is 51.3 Å². The van der Waals surface area contributed by atoms with Crippen LogP contribution >= 0.6 is 0 Å². The van der Waals surface area contributed by atoms with E-state index in [9.17, 15) is 19.8 Å². The van der Waals surface area contributed by atoms with Crippen molar-refractivity contribution < 1.29 is 48.2 Å². The van der Waals surface area contributed by atoms with Crippen molar-refractivity contribution in [1.82, 2.24) is 0 Å². The quantitative estimate of drug-likeness (QED) is 0.194. The summed E-state index contributed by atoms with van der Waals surface area (Å²) in [5, 5.41) is 23.2. The molecule has 0 bridgehead atoms. The number of ether oxygens (including phenoxy) is 6. The number of hydrogen-bond donors (Lipinski definition) is 3. The minimum atomic E-state index is -1.58. The Bertz CT molecular complexity index is 1770. The van der Waals surface area contributed by atoms with Gasteiger partial charge in [-0.05, 0) is 60.7 Å². The van der Waals surface area contributed by atoms with E-state index in [4.69, 9.17) is 28.4 Å². The van der Waals surface area contributed by atoms with Crippen LogP contribution < -0.4 is 33.7 Å². The number of carbonyl (C=O) groups excluding carboxylic acids is 2. The van der Waals surface area contributed by atoms with Gasteiger partial charge in [0, 0.05) is 41.4 Å². The summed E-state index contributed by atoms with van der Waals surface area (Å²) in [6.07, 6.45) is 1.89. The van der Waals surface area contributed by atoms with E-state index in [1.165, 1.54) is 19.1 Å². The number of phenols is 1. The van der Waals surface area contributed by atoms with Crippen molar-refractivity contribution in [2.45, 2.75) is 12.7 Å². The van der Waals surface area contributed by atoms with E-state index in [2.05, 4.69) is 5.32 Å². The van der Waals surface area contributed by atoms with Gasteiger partial charge in [-0.2, -0.15) is 0 Å². The molecule has 1 atom stereocenters. The fraction of sp³-hybridized carbons (Fsp3) is 0.176. The number of anilines is 1. The van der Waals surface area contributed by atoms with Crippen molar-refractivity contribution in [1.29, 1.82) is 0 Å². The molecule has 0 spiro atoms. The van der Waals surface area contributed by atoms with Gasteiger partial charge in [0.05, 0.1) is 21.3 Å². The number of methoxy groups -OCH3 is 3. The van der Waals surface area contributed by atoms with Crippen molar-refractivity contribution in [3.05, 3.63) is 95.6 Å². The van der Waals surface area contributed by atoms with Gasteiger partial charge in [-0.1, -0.05) is 12.1 Å². The fourth-order valence-electron chi connectivity index (χ4n) is 4.73. The first-order valence-corrected chi connectivity index (χ1v) is 13.7. The van der Waals surface area contributed by atoms with Crippen molar-refractivity contribution in [3.8, 4) is 40.2 Å². The summed E-state index contributed by atoms with van der Waals surface area (Å²) in [7, 11) is 4.71. The Kier molecular flexibility index (Phi) is 8.82. The van der Waals surface area contributed by atoms with Crippen molar-refractivity contribution in [2.24, 2.45) is 0 Å². The predicted octanol–water partition coefficient (Wildman–Crippen LogP) is 5.30. The molecular formula is C34H31NO10. The van der Waals surface area contributed by atoms with Gasteiger partial charge in [-0.25, -0.2) is 4.79 Å². The highest BCUT2D eigenvalue weighted by atomic mass is 16.7. The molecular weight excluding hydrogens is 582 g/mol. The van der Waals surface area contributed by atoms with Crippen LogP contribution in [0.3, 0.4) is 0 Å². The lowest BCUT2D eigenvalue weighted by molar-refractivity contribution is -0.116. The van der Waals surface area contributed by atoms with Crippen LogP contribution in [0, 0.1) is 0 Å². The molecule has 45 heavy (non-hydrogen) atoms. The number of hydrogen-bond acceptors (Lipinski definition) is 10. The van der Waals surface area contributed by atoms with Crippen LogP contribution in [0.25, 0.3) is 11.6 Å². The molecule has 0 aliphatic carbocycles. The van der Waals surface area contributed by atoms with Crippen molar-refractivity contribution in [3.63, 3.8) is 0 Å². The molecule has 1 unspecified atom stereocenters. The molecule has 232 valence electrons. The number of phenolic OH excluding ortho intramolecular Hbond substituents is 1. The maximum Gasteiger partial charge on any atom is 0.347 e. The van der Waals surface area contributed by atoms with Crippen LogP contribution in [0.5, 0.6) is 40.2 Å². The van der Waals surface area contributed by atoms with Gasteiger partial charge in [-0.3, -0.25) is 4.79 Å². The van der Waals surface area contributed by atoms with Crippen LogP contribution in [-0.2, 0) is 4.79 Å². The van der Waals surface area contributed by atoms with Gasteiger partial charge in [0.2, 0.25) is 5.91 Å². The maximum absolute atomic E-state index is 11.8. The number of nitrogens with one attached hydrogen (secondary N) is 1. The molecule has 0 fully saturated rings. The lowest BCUT2D eigenvalue weighted by Gasteiger charge is -2.39. The number of rotatable bonds is 6. The summed E-state index contributed by atoms with van der Waals surface area (Å²) >= 11 is 0. The zero-order valence-electron chi connectivity index (χ0n) is 25.0. The van der Waals surface area contributed by atoms with Crippen molar-refractivity contribution in [2.75, 3.05) is 33.3 Å². The third kappa shape index (κ3) is 6.63. The van der Waals surface area contributed by atoms with E-state index < -0.39 is 11.8 Å². The Morgan fingerprint density at radius 1 is 0.844 bits per heavy atom. The lowest BCUT2D eigenvalue weighted by Crippen LogP contribution is -2.47. The molecule has 11 heteroatoms. The van der Waals surface area contributed by atoms with Gasteiger partial charge < -0.3 is 44.0 Å². The highest BCUT2D eigenvalue weighted by molar-refractivity contribution is 5.94. The van der Waals surface area contributed by atoms with Gasteiger partial charge >= 0.3 is 5.97 Å². The molecule has 2 aliphatic heterocycles. The van der Waals surface area contributed by atoms with Gasteiger partial charge in [0.25, 0.3) is 5.79 Å².